The van der Waals surface area contributed by atoms with E-state index in [1.54, 1.807) is 6.07 Å². The Labute approximate surface area is 220 Å². The maximum atomic E-state index is 13.4. The van der Waals surface area contributed by atoms with Crippen LogP contribution >= 0.6 is 11.3 Å². The fourth-order valence-corrected chi connectivity index (χ4v) is 4.87. The van der Waals surface area contributed by atoms with Gasteiger partial charge in [-0.25, -0.2) is 0 Å². The van der Waals surface area contributed by atoms with E-state index >= 15 is 0 Å². The second-order valence-corrected chi connectivity index (χ2v) is 9.81. The summed E-state index contributed by atoms with van der Waals surface area (Å²) >= 11 is 1.52. The third kappa shape index (κ3) is 6.34. The first-order valence-electron chi connectivity index (χ1n) is 12.1. The van der Waals surface area contributed by atoms with Crippen molar-refractivity contribution in [1.82, 2.24) is 4.90 Å². The van der Waals surface area contributed by atoms with Gasteiger partial charge in [-0.15, -0.1) is 11.3 Å². The van der Waals surface area contributed by atoms with Gasteiger partial charge in [-0.1, -0.05) is 43.3 Å². The molecule has 7 nitrogen and oxygen atoms in total. The second kappa shape index (κ2) is 11.7. The van der Waals surface area contributed by atoms with Crippen molar-refractivity contribution in [3.05, 3.63) is 94.2 Å². The molecule has 4 rings (SSSR count). The van der Waals surface area contributed by atoms with Crippen molar-refractivity contribution in [3.63, 3.8) is 0 Å². The summed E-state index contributed by atoms with van der Waals surface area (Å²) in [5, 5.41) is 15.0. The van der Waals surface area contributed by atoms with Crippen LogP contribution in [0.1, 0.15) is 34.6 Å². The highest BCUT2D eigenvalue weighted by molar-refractivity contribution is 7.09. The molecule has 0 aliphatic carbocycles. The molecule has 3 aromatic carbocycles. The van der Waals surface area contributed by atoms with Crippen LogP contribution in [0, 0.1) is 11.3 Å². The number of thiophene rings is 1. The van der Waals surface area contributed by atoms with E-state index < -0.39 is 0 Å². The van der Waals surface area contributed by atoms with Gasteiger partial charge in [-0.3, -0.25) is 19.9 Å². The minimum absolute atomic E-state index is 0.195. The molecule has 1 aromatic heterocycles. The van der Waals surface area contributed by atoms with Crippen LogP contribution in [0.2, 0.25) is 0 Å². The number of hydrogen-bond donors (Lipinski definition) is 3. The van der Waals surface area contributed by atoms with Gasteiger partial charge in [-0.05, 0) is 71.5 Å². The summed E-state index contributed by atoms with van der Waals surface area (Å²) in [6.07, 6.45) is 0.593. The molecule has 0 aliphatic rings. The molecule has 8 heteroatoms. The maximum absolute atomic E-state index is 13.4. The highest BCUT2D eigenvalue weighted by Gasteiger charge is 2.21. The van der Waals surface area contributed by atoms with Gasteiger partial charge in [0.2, 0.25) is 0 Å². The molecule has 0 aliphatic heterocycles. The fraction of sp³-hybridized carbons (Fsp3) is 0.207. The molecule has 190 valence electrons. The topological polar surface area (TPSA) is 109 Å². The van der Waals surface area contributed by atoms with Gasteiger partial charge < -0.3 is 15.8 Å². The van der Waals surface area contributed by atoms with Gasteiger partial charge in [0.15, 0.2) is 5.96 Å². The molecule has 4 N–H and O–H groups in total. The number of nitrogens with zero attached hydrogens (tertiary/aromatic N) is 1. The standard InChI is InChI=1S/C29H30N4O3S/c1-3-36-28(35)19(2)15-20-7-4-9-22(16-20)32-23-12-13-25-21(17-23)8-5-11-26(25)27(34)33(29(30)31)18-24-10-6-14-37-24/h4-14,16-17,19,32H,3,15,18H2,1-2H3,(H3,30,31). The number of carbonyl (C=O) groups is 2. The van der Waals surface area contributed by atoms with Crippen molar-refractivity contribution >= 4 is 51.3 Å². The predicted octanol–water partition coefficient (Wildman–Crippen LogP) is 5.92. The summed E-state index contributed by atoms with van der Waals surface area (Å²) in [6.45, 7) is 4.31. The number of carbonyl (C=O) groups excluding carboxylic acids is 2. The molecule has 0 fully saturated rings. The molecule has 37 heavy (non-hydrogen) atoms. The molecule has 0 bridgehead atoms. The zero-order chi connectivity index (χ0) is 26.4. The number of amides is 1. The lowest BCUT2D eigenvalue weighted by Gasteiger charge is -2.21. The van der Waals surface area contributed by atoms with E-state index in [0.717, 1.165) is 32.6 Å². The van der Waals surface area contributed by atoms with Crippen molar-refractivity contribution in [1.29, 1.82) is 5.41 Å². The van der Waals surface area contributed by atoms with Crippen molar-refractivity contribution in [2.24, 2.45) is 11.7 Å². The molecular weight excluding hydrogens is 484 g/mol. The number of hydrogen-bond acceptors (Lipinski definition) is 6. The average molecular weight is 515 g/mol. The number of rotatable bonds is 9. The van der Waals surface area contributed by atoms with Crippen molar-refractivity contribution in [2.45, 2.75) is 26.8 Å². The monoisotopic (exact) mass is 514 g/mol. The minimum Gasteiger partial charge on any atom is -0.466 e. The summed E-state index contributed by atoms with van der Waals surface area (Å²) in [4.78, 5) is 27.6. The Hall–Kier alpha value is -4.17. The van der Waals surface area contributed by atoms with Gasteiger partial charge in [0.1, 0.15) is 0 Å². The highest BCUT2D eigenvalue weighted by Crippen LogP contribution is 2.27. The molecule has 0 saturated heterocycles. The summed E-state index contributed by atoms with van der Waals surface area (Å²) in [6, 6.07) is 23.1. The predicted molar refractivity (Wildman–Crippen MR) is 149 cm³/mol. The lowest BCUT2D eigenvalue weighted by atomic mass is 10.0. The van der Waals surface area contributed by atoms with Crippen LogP contribution in [0.25, 0.3) is 10.8 Å². The lowest BCUT2D eigenvalue weighted by molar-refractivity contribution is -0.147. The van der Waals surface area contributed by atoms with E-state index in [1.165, 1.54) is 16.2 Å². The van der Waals surface area contributed by atoms with E-state index in [4.69, 9.17) is 15.9 Å². The number of ether oxygens (including phenoxy) is 1. The molecule has 0 radical (unpaired) electrons. The SMILES string of the molecule is CCOC(=O)C(C)Cc1cccc(Nc2ccc3c(C(=O)N(Cc4cccs4)C(=N)N)cccc3c2)c1. The smallest absolute Gasteiger partial charge is 0.308 e. The molecule has 1 amide bonds. The third-order valence-electron chi connectivity index (χ3n) is 5.99. The third-order valence-corrected chi connectivity index (χ3v) is 6.85. The Morgan fingerprint density at radius 2 is 1.84 bits per heavy atom. The Morgan fingerprint density at radius 3 is 2.57 bits per heavy atom. The number of nitrogens with one attached hydrogen (secondary N) is 2. The van der Waals surface area contributed by atoms with Crippen LogP contribution in [0.3, 0.4) is 0 Å². The van der Waals surface area contributed by atoms with E-state index in [0.29, 0.717) is 18.6 Å². The summed E-state index contributed by atoms with van der Waals surface area (Å²) in [5.41, 5.74) is 9.08. The van der Waals surface area contributed by atoms with Crippen LogP contribution in [-0.4, -0.2) is 29.3 Å². The van der Waals surface area contributed by atoms with Crippen LogP contribution in [-0.2, 0) is 22.5 Å². The summed E-state index contributed by atoms with van der Waals surface area (Å²) < 4.78 is 5.12. The van der Waals surface area contributed by atoms with E-state index in [-0.39, 0.29) is 30.3 Å². The first-order chi connectivity index (χ1) is 17.9. The number of nitrogens with two attached hydrogens (primary N) is 1. The summed E-state index contributed by atoms with van der Waals surface area (Å²) in [5.74, 6) is -1.01. The van der Waals surface area contributed by atoms with Crippen LogP contribution in [0.5, 0.6) is 0 Å². The van der Waals surface area contributed by atoms with E-state index in [9.17, 15) is 9.59 Å². The van der Waals surface area contributed by atoms with Crippen LogP contribution < -0.4 is 11.1 Å². The first-order valence-corrected chi connectivity index (χ1v) is 13.0. The van der Waals surface area contributed by atoms with E-state index in [2.05, 4.69) is 5.32 Å². The van der Waals surface area contributed by atoms with Gasteiger partial charge in [0.25, 0.3) is 5.91 Å². The molecule has 0 spiro atoms. The average Bonchev–Trinajstić information content (AvgIpc) is 3.40. The molecule has 4 aromatic rings. The first kappa shape index (κ1) is 25.9. The fourth-order valence-electron chi connectivity index (χ4n) is 4.18. The number of anilines is 2. The molecule has 1 atom stereocenters. The van der Waals surface area contributed by atoms with Gasteiger partial charge in [0.05, 0.1) is 19.1 Å². The minimum atomic E-state index is -0.310. The Kier molecular flexibility index (Phi) is 8.20. The zero-order valence-electron chi connectivity index (χ0n) is 20.9. The molecule has 0 saturated carbocycles. The van der Waals surface area contributed by atoms with Crippen molar-refractivity contribution in [2.75, 3.05) is 11.9 Å². The quantitative estimate of drug-likeness (QED) is 0.146. The van der Waals surface area contributed by atoms with Gasteiger partial charge in [0, 0.05) is 21.8 Å². The largest absolute Gasteiger partial charge is 0.466 e. The summed E-state index contributed by atoms with van der Waals surface area (Å²) in [7, 11) is 0. The Morgan fingerprint density at radius 1 is 1.05 bits per heavy atom. The lowest BCUT2D eigenvalue weighted by Crippen LogP contribution is -2.40. The number of guanidine groups is 1. The zero-order valence-corrected chi connectivity index (χ0v) is 21.7. The maximum Gasteiger partial charge on any atom is 0.308 e. The van der Waals surface area contributed by atoms with Crippen molar-refractivity contribution in [3.8, 4) is 0 Å². The van der Waals surface area contributed by atoms with Gasteiger partial charge in [-0.2, -0.15) is 0 Å². The number of esters is 1. The molecule has 1 unspecified atom stereocenters. The van der Waals surface area contributed by atoms with Crippen LogP contribution in [0.15, 0.2) is 78.2 Å². The molecular formula is C29H30N4O3S. The highest BCUT2D eigenvalue weighted by atomic mass is 32.1. The molecule has 1 heterocycles. The Bertz CT molecular complexity index is 1420. The normalized spacial score (nSPS) is 11.6. The van der Waals surface area contributed by atoms with Crippen molar-refractivity contribution < 1.29 is 14.3 Å². The van der Waals surface area contributed by atoms with Gasteiger partial charge >= 0.3 is 5.97 Å². The second-order valence-electron chi connectivity index (χ2n) is 8.78. The van der Waals surface area contributed by atoms with E-state index in [1.807, 2.05) is 86.0 Å². The number of benzene rings is 3. The van der Waals surface area contributed by atoms with Crippen LogP contribution in [0.4, 0.5) is 11.4 Å². The number of fused-ring (bicyclic) bond motifs is 1. The Balaban J connectivity index is 1.54.